The van der Waals surface area contributed by atoms with Gasteiger partial charge in [0, 0.05) is 0 Å². The van der Waals surface area contributed by atoms with E-state index in [4.69, 9.17) is 10.4 Å². The number of nitrogens with zero attached hydrogens (tertiary/aromatic N) is 1. The van der Waals surface area contributed by atoms with Crippen molar-refractivity contribution in [1.82, 2.24) is 0 Å². The molecule has 0 spiro atoms. The van der Waals surface area contributed by atoms with Crippen LogP contribution in [0, 0.1) is 17.1 Å². The number of carboxylic acid groups (broad SMARTS) is 1. The molecular weight excluding hydrogens is 253 g/mol. The van der Waals surface area contributed by atoms with Crippen LogP contribution in [-0.4, -0.2) is 11.1 Å². The standard InChI is InChI=1S/C9H5BrFNO2/c10-9-6(3-8(13)14)5(4-12)1-2-7(9)11/h1-2H,3H2,(H,13,14). The predicted octanol–water partition coefficient (Wildman–Crippen LogP) is 2.09. The van der Waals surface area contributed by atoms with E-state index in [1.807, 2.05) is 6.07 Å². The molecule has 3 nitrogen and oxygen atoms in total. The summed E-state index contributed by atoms with van der Waals surface area (Å²) in [5.41, 5.74) is 0.334. The molecule has 0 atom stereocenters. The van der Waals surface area contributed by atoms with Gasteiger partial charge in [-0.2, -0.15) is 5.26 Å². The third-order valence-electron chi connectivity index (χ3n) is 1.64. The second-order valence-corrected chi connectivity index (χ2v) is 3.36. The highest BCUT2D eigenvalue weighted by Gasteiger charge is 2.13. The van der Waals surface area contributed by atoms with E-state index in [-0.39, 0.29) is 22.0 Å². The summed E-state index contributed by atoms with van der Waals surface area (Å²) in [6.45, 7) is 0. The minimum atomic E-state index is -1.10. The number of aliphatic carboxylic acids is 1. The SMILES string of the molecule is N#Cc1ccc(F)c(Br)c1CC(=O)O. The molecule has 14 heavy (non-hydrogen) atoms. The van der Waals surface area contributed by atoms with Crippen molar-refractivity contribution in [2.45, 2.75) is 6.42 Å². The zero-order valence-electron chi connectivity index (χ0n) is 6.92. The van der Waals surface area contributed by atoms with Crippen molar-refractivity contribution in [3.8, 4) is 6.07 Å². The molecule has 1 aromatic rings. The predicted molar refractivity (Wildman–Crippen MR) is 50.2 cm³/mol. The first kappa shape index (κ1) is 10.7. The zero-order valence-corrected chi connectivity index (χ0v) is 8.51. The topological polar surface area (TPSA) is 61.1 Å². The smallest absolute Gasteiger partial charge is 0.307 e. The van der Waals surface area contributed by atoms with Gasteiger partial charge in [-0.1, -0.05) is 0 Å². The third kappa shape index (κ3) is 2.09. The van der Waals surface area contributed by atoms with Gasteiger partial charge in [-0.05, 0) is 33.6 Å². The molecule has 0 radical (unpaired) electrons. The van der Waals surface area contributed by atoms with Crippen LogP contribution in [0.4, 0.5) is 4.39 Å². The highest BCUT2D eigenvalue weighted by atomic mass is 79.9. The Hall–Kier alpha value is -1.41. The molecule has 0 unspecified atom stereocenters. The average molecular weight is 258 g/mol. The first-order valence-electron chi connectivity index (χ1n) is 3.65. The van der Waals surface area contributed by atoms with Gasteiger partial charge in [0.25, 0.3) is 0 Å². The molecule has 0 fully saturated rings. The summed E-state index contributed by atoms with van der Waals surface area (Å²) in [5.74, 6) is -1.67. The fourth-order valence-corrected chi connectivity index (χ4v) is 1.51. The Labute approximate surface area is 87.9 Å². The van der Waals surface area contributed by atoms with Gasteiger partial charge in [0.15, 0.2) is 0 Å². The molecule has 1 N–H and O–H groups in total. The van der Waals surface area contributed by atoms with E-state index in [1.165, 1.54) is 6.07 Å². The average Bonchev–Trinajstić information content (AvgIpc) is 2.13. The second kappa shape index (κ2) is 4.20. The van der Waals surface area contributed by atoms with Crippen LogP contribution in [0.5, 0.6) is 0 Å². The summed E-state index contributed by atoms with van der Waals surface area (Å²) in [5, 5.41) is 17.2. The van der Waals surface area contributed by atoms with E-state index in [9.17, 15) is 9.18 Å². The molecule has 0 saturated carbocycles. The summed E-state index contributed by atoms with van der Waals surface area (Å²) in [4.78, 5) is 10.4. The Balaban J connectivity index is 3.29. The lowest BCUT2D eigenvalue weighted by atomic mass is 10.1. The van der Waals surface area contributed by atoms with Crippen LogP contribution in [0.3, 0.4) is 0 Å². The number of benzene rings is 1. The number of rotatable bonds is 2. The van der Waals surface area contributed by atoms with Gasteiger partial charge in [0.2, 0.25) is 0 Å². The van der Waals surface area contributed by atoms with Crippen molar-refractivity contribution in [1.29, 1.82) is 5.26 Å². The molecule has 0 bridgehead atoms. The molecule has 0 amide bonds. The Morgan fingerprint density at radius 3 is 2.79 bits per heavy atom. The Morgan fingerprint density at radius 1 is 1.64 bits per heavy atom. The maximum atomic E-state index is 13.0. The summed E-state index contributed by atoms with van der Waals surface area (Å²) < 4.78 is 13.0. The van der Waals surface area contributed by atoms with Crippen LogP contribution in [0.15, 0.2) is 16.6 Å². The largest absolute Gasteiger partial charge is 0.481 e. The lowest BCUT2D eigenvalue weighted by Gasteiger charge is -2.04. The van der Waals surface area contributed by atoms with Gasteiger partial charge in [-0.3, -0.25) is 4.79 Å². The molecule has 5 heteroatoms. The molecule has 0 aliphatic rings. The summed E-state index contributed by atoms with van der Waals surface area (Å²) in [6.07, 6.45) is -0.374. The zero-order chi connectivity index (χ0) is 10.7. The van der Waals surface area contributed by atoms with Gasteiger partial charge in [0.1, 0.15) is 5.82 Å². The lowest BCUT2D eigenvalue weighted by molar-refractivity contribution is -0.136. The van der Waals surface area contributed by atoms with Crippen molar-refractivity contribution in [3.05, 3.63) is 33.5 Å². The van der Waals surface area contributed by atoms with E-state index in [1.54, 1.807) is 0 Å². The van der Waals surface area contributed by atoms with E-state index >= 15 is 0 Å². The summed E-state index contributed by atoms with van der Waals surface area (Å²) in [7, 11) is 0. The first-order valence-corrected chi connectivity index (χ1v) is 4.44. The van der Waals surface area contributed by atoms with Crippen molar-refractivity contribution in [2.24, 2.45) is 0 Å². The van der Waals surface area contributed by atoms with Gasteiger partial charge < -0.3 is 5.11 Å². The highest BCUT2D eigenvalue weighted by Crippen LogP contribution is 2.24. The second-order valence-electron chi connectivity index (χ2n) is 2.57. The minimum absolute atomic E-state index is 0.0407. The normalized spacial score (nSPS) is 9.50. The van der Waals surface area contributed by atoms with E-state index < -0.39 is 11.8 Å². The van der Waals surface area contributed by atoms with E-state index in [2.05, 4.69) is 15.9 Å². The van der Waals surface area contributed by atoms with Crippen LogP contribution in [0.1, 0.15) is 11.1 Å². The molecule has 0 aliphatic carbocycles. The monoisotopic (exact) mass is 257 g/mol. The van der Waals surface area contributed by atoms with Crippen LogP contribution in [0.25, 0.3) is 0 Å². The molecule has 0 heterocycles. The summed E-state index contributed by atoms with van der Waals surface area (Å²) >= 11 is 2.91. The van der Waals surface area contributed by atoms with Crippen LogP contribution in [0.2, 0.25) is 0 Å². The Kier molecular flexibility index (Phi) is 3.20. The molecular formula is C9H5BrFNO2. The van der Waals surface area contributed by atoms with Crippen LogP contribution < -0.4 is 0 Å². The number of hydrogen-bond donors (Lipinski definition) is 1. The van der Waals surface area contributed by atoms with Gasteiger partial charge in [-0.25, -0.2) is 4.39 Å². The molecule has 1 rings (SSSR count). The Morgan fingerprint density at radius 2 is 2.29 bits per heavy atom. The molecule has 0 aliphatic heterocycles. The van der Waals surface area contributed by atoms with Crippen LogP contribution in [-0.2, 0) is 11.2 Å². The number of carbonyl (C=O) groups is 1. The number of carboxylic acids is 1. The number of nitriles is 1. The number of halogens is 2. The fourth-order valence-electron chi connectivity index (χ4n) is 1.02. The van der Waals surface area contributed by atoms with Gasteiger partial charge >= 0.3 is 5.97 Å². The van der Waals surface area contributed by atoms with Crippen molar-refractivity contribution in [3.63, 3.8) is 0 Å². The number of hydrogen-bond acceptors (Lipinski definition) is 2. The molecule has 0 aromatic heterocycles. The fraction of sp³-hybridized carbons (Fsp3) is 0.111. The third-order valence-corrected chi connectivity index (χ3v) is 2.50. The van der Waals surface area contributed by atoms with Crippen molar-refractivity contribution >= 4 is 21.9 Å². The maximum absolute atomic E-state index is 13.0. The van der Waals surface area contributed by atoms with Crippen molar-refractivity contribution in [2.75, 3.05) is 0 Å². The summed E-state index contributed by atoms with van der Waals surface area (Å²) in [6, 6.07) is 4.19. The quantitative estimate of drug-likeness (QED) is 0.883. The van der Waals surface area contributed by atoms with E-state index in [0.29, 0.717) is 0 Å². The van der Waals surface area contributed by atoms with Crippen molar-refractivity contribution < 1.29 is 14.3 Å². The molecule has 72 valence electrons. The Bertz CT molecular complexity index is 426. The first-order chi connectivity index (χ1) is 6.56. The van der Waals surface area contributed by atoms with Crippen LogP contribution >= 0.6 is 15.9 Å². The highest BCUT2D eigenvalue weighted by molar-refractivity contribution is 9.10. The van der Waals surface area contributed by atoms with Gasteiger partial charge in [-0.15, -0.1) is 0 Å². The van der Waals surface area contributed by atoms with Gasteiger partial charge in [0.05, 0.1) is 22.5 Å². The van der Waals surface area contributed by atoms with E-state index in [0.717, 1.165) is 6.07 Å². The lowest BCUT2D eigenvalue weighted by Crippen LogP contribution is -2.04. The molecule has 0 saturated heterocycles. The maximum Gasteiger partial charge on any atom is 0.307 e. The molecule has 1 aromatic carbocycles. The minimum Gasteiger partial charge on any atom is -0.481 e.